The maximum Gasteiger partial charge on any atom is 0.573 e. The number of carbonyl (C=O) groups excluding carboxylic acids is 3. The van der Waals surface area contributed by atoms with Gasteiger partial charge in [-0.25, -0.2) is 4.79 Å². The van der Waals surface area contributed by atoms with Gasteiger partial charge in [0, 0.05) is 29.6 Å². The molecule has 2 amide bonds. The third-order valence-corrected chi connectivity index (χ3v) is 8.44. The van der Waals surface area contributed by atoms with Crippen molar-refractivity contribution in [3.63, 3.8) is 0 Å². The zero-order valence-corrected chi connectivity index (χ0v) is 23.6. The van der Waals surface area contributed by atoms with E-state index in [0.29, 0.717) is 11.1 Å². The van der Waals surface area contributed by atoms with Gasteiger partial charge in [0.1, 0.15) is 11.3 Å². The molecular formula is C32H26F3N3O7. The first-order chi connectivity index (χ1) is 21.4. The summed E-state index contributed by atoms with van der Waals surface area (Å²) in [7, 11) is 1.23. The van der Waals surface area contributed by atoms with Gasteiger partial charge < -0.3 is 19.6 Å². The number of ether oxygens (including phenoxy) is 2. The molecule has 3 N–H and O–H groups in total. The Balaban J connectivity index is 1.42. The number of halogens is 3. The predicted molar refractivity (Wildman–Crippen MR) is 152 cm³/mol. The molecule has 2 fully saturated rings. The largest absolute Gasteiger partial charge is 0.573 e. The summed E-state index contributed by atoms with van der Waals surface area (Å²) >= 11 is 0. The number of fused-ring (bicyclic) bond motifs is 2. The first-order valence-corrected chi connectivity index (χ1v) is 13.9. The van der Waals surface area contributed by atoms with Crippen molar-refractivity contribution >= 4 is 34.7 Å². The highest BCUT2D eigenvalue weighted by molar-refractivity contribution is 6.09. The number of aliphatic carboxylic acids is 1. The van der Waals surface area contributed by atoms with Crippen molar-refractivity contribution in [3.05, 3.63) is 101 Å². The number of likely N-dealkylation sites (tertiary alicyclic amines) is 1. The number of nitrogens with zero attached hydrogens (tertiary/aromatic N) is 1. The highest BCUT2D eigenvalue weighted by atomic mass is 19.4. The number of esters is 1. The number of para-hydroxylation sites is 1. The molecule has 232 valence electrons. The summed E-state index contributed by atoms with van der Waals surface area (Å²) in [5, 5.41) is 14.5. The number of amides is 2. The fourth-order valence-corrected chi connectivity index (χ4v) is 6.47. The summed E-state index contributed by atoms with van der Waals surface area (Å²) < 4.78 is 47.9. The van der Waals surface area contributed by atoms with Gasteiger partial charge in [-0.3, -0.25) is 24.6 Å². The van der Waals surface area contributed by atoms with E-state index in [1.54, 1.807) is 36.5 Å². The van der Waals surface area contributed by atoms with E-state index in [0.717, 1.165) is 27.9 Å². The maximum absolute atomic E-state index is 14.1. The van der Waals surface area contributed by atoms with Crippen molar-refractivity contribution in [1.29, 1.82) is 0 Å². The molecule has 3 aromatic carbocycles. The molecule has 10 nitrogen and oxygen atoms in total. The molecule has 4 unspecified atom stereocenters. The zero-order valence-electron chi connectivity index (χ0n) is 23.6. The van der Waals surface area contributed by atoms with Gasteiger partial charge in [-0.2, -0.15) is 0 Å². The lowest BCUT2D eigenvalue weighted by molar-refractivity contribution is -0.274. The summed E-state index contributed by atoms with van der Waals surface area (Å²) in [4.78, 5) is 57.3. The van der Waals surface area contributed by atoms with Crippen LogP contribution in [0.5, 0.6) is 5.75 Å². The second-order valence-corrected chi connectivity index (χ2v) is 11.0. The number of imide groups is 1. The average molecular weight is 622 g/mol. The van der Waals surface area contributed by atoms with Crippen molar-refractivity contribution in [2.75, 3.05) is 7.11 Å². The second-order valence-electron chi connectivity index (χ2n) is 11.0. The SMILES string of the molecule is COC(=O)c1ccc(CN2C(=O)C3C(c4cccc(OC(F)(F)F)c4)NC(Cc4c[nH]c5ccccc45)(C(=O)O)C3C2=O)cc1. The molecule has 0 aliphatic carbocycles. The first-order valence-electron chi connectivity index (χ1n) is 13.9. The molecule has 6 rings (SSSR count). The van der Waals surface area contributed by atoms with Gasteiger partial charge in [-0.1, -0.05) is 42.5 Å². The van der Waals surface area contributed by atoms with Gasteiger partial charge in [-0.05, 0) is 47.0 Å². The second kappa shape index (κ2) is 11.1. The number of H-pyrrole nitrogens is 1. The predicted octanol–water partition coefficient (Wildman–Crippen LogP) is 4.36. The standard InChI is InChI=1S/C32H26F3N3O7/c1-44-29(41)18-11-9-17(10-12-18)16-38-27(39)24-25(28(38)40)31(30(42)43,14-20-15-36-23-8-3-2-7-22(20)23)37-26(24)19-5-4-6-21(13-19)45-32(33,34)35/h2-13,15,24-26,36-37H,14,16H2,1H3,(H,42,43). The van der Waals surface area contributed by atoms with E-state index in [2.05, 4.69) is 15.0 Å². The van der Waals surface area contributed by atoms with Crippen LogP contribution in [0, 0.1) is 11.8 Å². The van der Waals surface area contributed by atoms with Crippen LogP contribution in [0.2, 0.25) is 0 Å². The molecular weight excluding hydrogens is 595 g/mol. The lowest BCUT2D eigenvalue weighted by Crippen LogP contribution is -2.57. The van der Waals surface area contributed by atoms with Gasteiger partial charge in [-0.15, -0.1) is 13.2 Å². The van der Waals surface area contributed by atoms with Crippen molar-refractivity contribution in [2.45, 2.75) is 30.9 Å². The summed E-state index contributed by atoms with van der Waals surface area (Å²) in [6, 6.07) is 17.0. The van der Waals surface area contributed by atoms with E-state index >= 15 is 0 Å². The van der Waals surface area contributed by atoms with Crippen molar-refractivity contribution in [2.24, 2.45) is 11.8 Å². The summed E-state index contributed by atoms with van der Waals surface area (Å²) in [5.74, 6) is -6.58. The van der Waals surface area contributed by atoms with Crippen molar-refractivity contribution in [1.82, 2.24) is 15.2 Å². The Bertz CT molecular complexity index is 1820. The Morgan fingerprint density at radius 1 is 1.00 bits per heavy atom. The highest BCUT2D eigenvalue weighted by Crippen LogP contribution is 2.51. The van der Waals surface area contributed by atoms with Crippen LogP contribution in [-0.4, -0.2) is 57.8 Å². The molecule has 45 heavy (non-hydrogen) atoms. The number of carboxylic acid groups (broad SMARTS) is 1. The number of hydrogen-bond acceptors (Lipinski definition) is 7. The molecule has 2 aliphatic heterocycles. The Labute approximate surface area is 253 Å². The van der Waals surface area contributed by atoms with Gasteiger partial charge in [0.05, 0.1) is 31.1 Å². The number of methoxy groups -OCH3 is 1. The zero-order chi connectivity index (χ0) is 32.1. The smallest absolute Gasteiger partial charge is 0.480 e. The normalized spacial score (nSPS) is 22.9. The topological polar surface area (TPSA) is 138 Å². The number of benzene rings is 3. The number of alkyl halides is 3. The van der Waals surface area contributed by atoms with Crippen LogP contribution in [0.25, 0.3) is 10.9 Å². The van der Waals surface area contributed by atoms with Crippen LogP contribution in [-0.2, 0) is 32.1 Å². The molecule has 4 aromatic rings. The minimum absolute atomic E-state index is 0.152. The minimum Gasteiger partial charge on any atom is -0.480 e. The van der Waals surface area contributed by atoms with Crippen molar-refractivity contribution in [3.8, 4) is 5.75 Å². The third-order valence-electron chi connectivity index (χ3n) is 8.44. The van der Waals surface area contributed by atoms with Crippen LogP contribution in [0.4, 0.5) is 13.2 Å². The Hall–Kier alpha value is -5.17. The molecule has 1 aromatic heterocycles. The number of nitrogens with one attached hydrogen (secondary N) is 2. The van der Waals surface area contributed by atoms with Gasteiger partial charge >= 0.3 is 18.3 Å². The number of rotatable bonds is 8. The van der Waals surface area contributed by atoms with Gasteiger partial charge in [0.15, 0.2) is 0 Å². The van der Waals surface area contributed by atoms with E-state index in [-0.39, 0.29) is 24.1 Å². The van der Waals surface area contributed by atoms with Gasteiger partial charge in [0.25, 0.3) is 0 Å². The van der Waals surface area contributed by atoms with E-state index in [1.807, 2.05) is 6.07 Å². The van der Waals surface area contributed by atoms with Gasteiger partial charge in [0.2, 0.25) is 11.8 Å². The van der Waals surface area contributed by atoms with Crippen LogP contribution in [0.3, 0.4) is 0 Å². The molecule has 13 heteroatoms. The summed E-state index contributed by atoms with van der Waals surface area (Å²) in [6.07, 6.45) is -3.55. The first kappa shape index (κ1) is 29.9. The summed E-state index contributed by atoms with van der Waals surface area (Å²) in [5.41, 5.74) is 0.211. The molecule has 0 radical (unpaired) electrons. The number of aromatic amines is 1. The average Bonchev–Trinajstić information content (AvgIpc) is 3.65. The number of carboxylic acids is 1. The van der Waals surface area contributed by atoms with Crippen LogP contribution in [0.15, 0.2) is 79.0 Å². The Kier molecular flexibility index (Phi) is 7.36. The van der Waals surface area contributed by atoms with E-state index in [9.17, 15) is 37.5 Å². The van der Waals surface area contributed by atoms with Crippen LogP contribution in [0.1, 0.15) is 33.1 Å². The number of hydrogen-bond donors (Lipinski definition) is 3. The quantitative estimate of drug-likeness (QED) is 0.195. The van der Waals surface area contributed by atoms with E-state index in [1.165, 1.54) is 31.4 Å². The third kappa shape index (κ3) is 5.29. The highest BCUT2D eigenvalue weighted by Gasteiger charge is 2.68. The lowest BCUT2D eigenvalue weighted by atomic mass is 9.76. The fourth-order valence-electron chi connectivity index (χ4n) is 6.47. The van der Waals surface area contributed by atoms with Crippen LogP contribution < -0.4 is 10.1 Å². The maximum atomic E-state index is 14.1. The Morgan fingerprint density at radius 2 is 1.73 bits per heavy atom. The monoisotopic (exact) mass is 621 g/mol. The Morgan fingerprint density at radius 3 is 2.42 bits per heavy atom. The van der Waals surface area contributed by atoms with Crippen LogP contribution >= 0.6 is 0 Å². The molecule has 0 bridgehead atoms. The lowest BCUT2D eigenvalue weighted by Gasteiger charge is -2.31. The minimum atomic E-state index is -4.98. The number of carbonyl (C=O) groups is 4. The molecule has 3 heterocycles. The molecule has 2 saturated heterocycles. The van der Waals surface area contributed by atoms with E-state index < -0.39 is 59.3 Å². The van der Waals surface area contributed by atoms with Crippen molar-refractivity contribution < 1.29 is 46.9 Å². The summed E-state index contributed by atoms with van der Waals surface area (Å²) in [6.45, 7) is -0.209. The molecule has 0 saturated carbocycles. The molecule has 2 aliphatic rings. The van der Waals surface area contributed by atoms with E-state index in [4.69, 9.17) is 4.74 Å². The molecule has 4 atom stereocenters. The molecule has 0 spiro atoms. The number of aromatic nitrogens is 1. The fraction of sp³-hybridized carbons (Fsp3) is 0.250.